The van der Waals surface area contributed by atoms with Crippen molar-refractivity contribution >= 4 is 11.9 Å². The number of carbonyl (C=O) groups excluding carboxylic acids is 2. The molecular formula is C18H18O5. The maximum Gasteiger partial charge on any atom is 0.337 e. The maximum absolute atomic E-state index is 11.7. The predicted octanol–water partition coefficient (Wildman–Crippen LogP) is 2.83. The SMILES string of the molecule is Cc1ccccc1OC(=O)COCC(=O)Oc1ccccc1C. The van der Waals surface area contributed by atoms with Crippen molar-refractivity contribution in [2.75, 3.05) is 13.2 Å². The van der Waals surface area contributed by atoms with Crippen LogP contribution in [0.15, 0.2) is 48.5 Å². The molecule has 5 nitrogen and oxygen atoms in total. The molecule has 23 heavy (non-hydrogen) atoms. The van der Waals surface area contributed by atoms with Crippen molar-refractivity contribution in [2.45, 2.75) is 13.8 Å². The molecule has 0 bridgehead atoms. The Bertz CT molecular complexity index is 634. The summed E-state index contributed by atoms with van der Waals surface area (Å²) in [4.78, 5) is 23.3. The second kappa shape index (κ2) is 8.10. The van der Waals surface area contributed by atoms with Gasteiger partial charge < -0.3 is 14.2 Å². The van der Waals surface area contributed by atoms with Gasteiger partial charge in [0.1, 0.15) is 24.7 Å². The Hall–Kier alpha value is -2.66. The van der Waals surface area contributed by atoms with Crippen molar-refractivity contribution in [1.82, 2.24) is 0 Å². The molecule has 0 aromatic heterocycles. The zero-order chi connectivity index (χ0) is 16.7. The summed E-state index contributed by atoms with van der Waals surface area (Å²) >= 11 is 0. The third kappa shape index (κ3) is 5.23. The highest BCUT2D eigenvalue weighted by Gasteiger charge is 2.11. The van der Waals surface area contributed by atoms with Gasteiger partial charge in [0.2, 0.25) is 0 Å². The summed E-state index contributed by atoms with van der Waals surface area (Å²) in [6.07, 6.45) is 0. The molecule has 0 aliphatic carbocycles. The number of hydrogen-bond acceptors (Lipinski definition) is 5. The molecule has 0 atom stereocenters. The fourth-order valence-corrected chi connectivity index (χ4v) is 1.86. The van der Waals surface area contributed by atoms with Gasteiger partial charge in [-0.15, -0.1) is 0 Å². The third-order valence-electron chi connectivity index (χ3n) is 3.07. The molecule has 0 aliphatic rings. The van der Waals surface area contributed by atoms with E-state index < -0.39 is 11.9 Å². The predicted molar refractivity (Wildman–Crippen MR) is 84.4 cm³/mol. The molecule has 2 aromatic rings. The molecule has 0 saturated heterocycles. The average molecular weight is 314 g/mol. The van der Waals surface area contributed by atoms with Crippen LogP contribution < -0.4 is 9.47 Å². The topological polar surface area (TPSA) is 61.8 Å². The maximum atomic E-state index is 11.7. The molecule has 0 saturated carbocycles. The Kier molecular flexibility index (Phi) is 5.88. The van der Waals surface area contributed by atoms with Crippen molar-refractivity contribution < 1.29 is 23.8 Å². The lowest BCUT2D eigenvalue weighted by Crippen LogP contribution is -2.22. The van der Waals surface area contributed by atoms with Crippen LogP contribution in [0.2, 0.25) is 0 Å². The number of ether oxygens (including phenoxy) is 3. The normalized spacial score (nSPS) is 10.2. The first-order valence-corrected chi connectivity index (χ1v) is 7.16. The van der Waals surface area contributed by atoms with Gasteiger partial charge in [0.05, 0.1) is 0 Å². The monoisotopic (exact) mass is 314 g/mol. The van der Waals surface area contributed by atoms with E-state index in [0.29, 0.717) is 11.5 Å². The van der Waals surface area contributed by atoms with Crippen molar-refractivity contribution in [1.29, 1.82) is 0 Å². The molecule has 0 aliphatic heterocycles. The van der Waals surface area contributed by atoms with Crippen molar-refractivity contribution in [2.24, 2.45) is 0 Å². The minimum absolute atomic E-state index is 0.322. The molecule has 0 heterocycles. The van der Waals surface area contributed by atoms with Gasteiger partial charge in [-0.05, 0) is 37.1 Å². The number of benzene rings is 2. The summed E-state index contributed by atoms with van der Waals surface area (Å²) in [6.45, 7) is 3.03. The van der Waals surface area contributed by atoms with E-state index in [0.717, 1.165) is 11.1 Å². The van der Waals surface area contributed by atoms with E-state index in [4.69, 9.17) is 14.2 Å². The lowest BCUT2D eigenvalue weighted by Gasteiger charge is -2.08. The van der Waals surface area contributed by atoms with E-state index >= 15 is 0 Å². The van der Waals surface area contributed by atoms with Crippen LogP contribution in [0, 0.1) is 13.8 Å². The number of esters is 2. The van der Waals surface area contributed by atoms with E-state index in [1.54, 1.807) is 24.3 Å². The Balaban J connectivity index is 1.74. The van der Waals surface area contributed by atoms with Crippen molar-refractivity contribution in [3.05, 3.63) is 59.7 Å². The summed E-state index contributed by atoms with van der Waals surface area (Å²) in [5.41, 5.74) is 1.69. The summed E-state index contributed by atoms with van der Waals surface area (Å²) in [6, 6.07) is 14.3. The zero-order valence-electron chi connectivity index (χ0n) is 13.1. The molecule has 0 amide bonds. The number of para-hydroxylation sites is 2. The number of rotatable bonds is 6. The molecule has 0 N–H and O–H groups in total. The van der Waals surface area contributed by atoms with E-state index in [1.807, 2.05) is 38.1 Å². The largest absolute Gasteiger partial charge is 0.425 e. The van der Waals surface area contributed by atoms with Crippen molar-refractivity contribution in [3.8, 4) is 11.5 Å². The van der Waals surface area contributed by atoms with Gasteiger partial charge in [-0.3, -0.25) is 0 Å². The summed E-state index contributed by atoms with van der Waals surface area (Å²) in [5, 5.41) is 0. The fourth-order valence-electron chi connectivity index (χ4n) is 1.86. The lowest BCUT2D eigenvalue weighted by molar-refractivity contribution is -0.145. The van der Waals surface area contributed by atoms with E-state index in [1.165, 1.54) is 0 Å². The highest BCUT2D eigenvalue weighted by atomic mass is 16.6. The Morgan fingerprint density at radius 3 is 1.52 bits per heavy atom. The standard InChI is InChI=1S/C18H18O5/c1-13-7-3-5-9-15(13)22-17(19)11-21-12-18(20)23-16-10-6-4-8-14(16)2/h3-10H,11-12H2,1-2H3. The molecule has 2 rings (SSSR count). The molecule has 2 aromatic carbocycles. The zero-order valence-corrected chi connectivity index (χ0v) is 13.1. The summed E-state index contributed by atoms with van der Waals surface area (Å²) in [7, 11) is 0. The van der Waals surface area contributed by atoms with Crippen LogP contribution in [-0.2, 0) is 14.3 Å². The minimum Gasteiger partial charge on any atom is -0.425 e. The molecule has 0 radical (unpaired) electrons. The fraction of sp³-hybridized carbons (Fsp3) is 0.222. The van der Waals surface area contributed by atoms with Gasteiger partial charge in [-0.25, -0.2) is 9.59 Å². The van der Waals surface area contributed by atoms with Gasteiger partial charge in [-0.2, -0.15) is 0 Å². The first-order chi connectivity index (χ1) is 11.1. The first-order valence-electron chi connectivity index (χ1n) is 7.16. The Labute approximate surface area is 134 Å². The van der Waals surface area contributed by atoms with Crippen LogP contribution in [0.4, 0.5) is 0 Å². The Morgan fingerprint density at radius 1 is 0.739 bits per heavy atom. The Morgan fingerprint density at radius 2 is 1.13 bits per heavy atom. The molecular weight excluding hydrogens is 296 g/mol. The number of carbonyl (C=O) groups is 2. The third-order valence-corrected chi connectivity index (χ3v) is 3.07. The lowest BCUT2D eigenvalue weighted by atomic mass is 10.2. The van der Waals surface area contributed by atoms with Gasteiger partial charge in [0.25, 0.3) is 0 Å². The molecule has 0 spiro atoms. The second-order valence-corrected chi connectivity index (χ2v) is 4.97. The van der Waals surface area contributed by atoms with Crippen LogP contribution in [0.3, 0.4) is 0 Å². The van der Waals surface area contributed by atoms with Crippen LogP contribution in [0.1, 0.15) is 11.1 Å². The highest BCUT2D eigenvalue weighted by molar-refractivity contribution is 5.76. The summed E-state index contributed by atoms with van der Waals surface area (Å²) in [5.74, 6) is -0.182. The smallest absolute Gasteiger partial charge is 0.337 e. The van der Waals surface area contributed by atoms with E-state index in [9.17, 15) is 9.59 Å². The molecule has 120 valence electrons. The van der Waals surface area contributed by atoms with Crippen LogP contribution in [-0.4, -0.2) is 25.2 Å². The number of hydrogen-bond donors (Lipinski definition) is 0. The van der Waals surface area contributed by atoms with Gasteiger partial charge in [0.15, 0.2) is 0 Å². The molecule has 0 fully saturated rings. The first kappa shape index (κ1) is 16.7. The van der Waals surface area contributed by atoms with E-state index in [-0.39, 0.29) is 13.2 Å². The minimum atomic E-state index is -0.567. The molecule has 5 heteroatoms. The summed E-state index contributed by atoms with van der Waals surface area (Å²) < 4.78 is 15.3. The second-order valence-electron chi connectivity index (χ2n) is 4.97. The van der Waals surface area contributed by atoms with Crippen LogP contribution in [0.5, 0.6) is 11.5 Å². The van der Waals surface area contributed by atoms with Crippen LogP contribution in [0.25, 0.3) is 0 Å². The van der Waals surface area contributed by atoms with Gasteiger partial charge >= 0.3 is 11.9 Å². The van der Waals surface area contributed by atoms with Gasteiger partial charge in [-0.1, -0.05) is 36.4 Å². The van der Waals surface area contributed by atoms with Gasteiger partial charge in [0, 0.05) is 0 Å². The molecule has 0 unspecified atom stereocenters. The van der Waals surface area contributed by atoms with E-state index in [2.05, 4.69) is 0 Å². The number of aryl methyl sites for hydroxylation is 2. The van der Waals surface area contributed by atoms with Crippen LogP contribution >= 0.6 is 0 Å². The quantitative estimate of drug-likeness (QED) is 0.606. The van der Waals surface area contributed by atoms with Crippen molar-refractivity contribution in [3.63, 3.8) is 0 Å². The average Bonchev–Trinajstić information content (AvgIpc) is 2.52. The highest BCUT2D eigenvalue weighted by Crippen LogP contribution is 2.17.